The molecule has 208 valence electrons. The zero-order valence-electron chi connectivity index (χ0n) is 22.0. The molecule has 1 aliphatic heterocycles. The molecule has 3 aromatic carbocycles. The van der Waals surface area contributed by atoms with Crippen LogP contribution in [0.4, 0.5) is 11.4 Å². The van der Waals surface area contributed by atoms with Crippen molar-refractivity contribution >= 4 is 37.3 Å². The Morgan fingerprint density at radius 2 is 1.59 bits per heavy atom. The Labute approximate surface area is 229 Å². The molecule has 1 fully saturated rings. The Morgan fingerprint density at radius 3 is 2.23 bits per heavy atom. The van der Waals surface area contributed by atoms with Gasteiger partial charge in [0.1, 0.15) is 12.3 Å². The van der Waals surface area contributed by atoms with Crippen molar-refractivity contribution in [2.45, 2.75) is 23.6 Å². The van der Waals surface area contributed by atoms with Gasteiger partial charge in [-0.3, -0.25) is 9.10 Å². The molecule has 0 saturated carbocycles. The average Bonchev–Trinajstić information content (AvgIpc) is 2.93. The average molecular weight is 574 g/mol. The number of carbonyl (C=O) groups is 1. The number of hydrogen-bond donors (Lipinski definition) is 1. The standard InChI is InChI=1S/C27H31N3O7S2/c1-20-8-10-22(11-9-20)39(34,35)30(25-7-5-4-6-21(25)2)19-27(31)28-24-18-23(12-13-26(24)36-3)38(32,33)29-14-16-37-17-15-29/h4-13,18H,14-17,19H2,1-3H3,(H,28,31). The summed E-state index contributed by atoms with van der Waals surface area (Å²) in [5.74, 6) is -0.443. The van der Waals surface area contributed by atoms with Gasteiger partial charge >= 0.3 is 0 Å². The number of para-hydroxylation sites is 1. The molecule has 1 heterocycles. The number of methoxy groups -OCH3 is 1. The number of anilines is 2. The number of hydrogen-bond acceptors (Lipinski definition) is 7. The van der Waals surface area contributed by atoms with Gasteiger partial charge in [0.2, 0.25) is 15.9 Å². The summed E-state index contributed by atoms with van der Waals surface area (Å²) < 4.78 is 66.7. The molecule has 0 bridgehead atoms. The maximum Gasteiger partial charge on any atom is 0.264 e. The van der Waals surface area contributed by atoms with Gasteiger partial charge in [-0.1, -0.05) is 35.9 Å². The van der Waals surface area contributed by atoms with Crippen LogP contribution < -0.4 is 14.4 Å². The molecule has 1 N–H and O–H groups in total. The Balaban J connectivity index is 1.66. The predicted molar refractivity (Wildman–Crippen MR) is 148 cm³/mol. The Hall–Kier alpha value is -3.45. The summed E-state index contributed by atoms with van der Waals surface area (Å²) in [5.41, 5.74) is 2.02. The third-order valence-electron chi connectivity index (χ3n) is 6.33. The van der Waals surface area contributed by atoms with Crippen molar-refractivity contribution in [2.24, 2.45) is 0 Å². The molecule has 0 unspecified atom stereocenters. The molecule has 39 heavy (non-hydrogen) atoms. The first kappa shape index (κ1) is 28.6. The van der Waals surface area contributed by atoms with E-state index in [2.05, 4.69) is 5.32 Å². The van der Waals surface area contributed by atoms with Gasteiger partial charge in [-0.25, -0.2) is 16.8 Å². The second-order valence-corrected chi connectivity index (χ2v) is 12.8. The lowest BCUT2D eigenvalue weighted by atomic mass is 10.2. The number of nitrogens with one attached hydrogen (secondary N) is 1. The van der Waals surface area contributed by atoms with Crippen molar-refractivity contribution in [1.29, 1.82) is 0 Å². The zero-order valence-corrected chi connectivity index (χ0v) is 23.6. The fourth-order valence-electron chi connectivity index (χ4n) is 4.18. The van der Waals surface area contributed by atoms with Crippen LogP contribution in [0.15, 0.2) is 76.5 Å². The summed E-state index contributed by atoms with van der Waals surface area (Å²) in [6.07, 6.45) is 0. The lowest BCUT2D eigenvalue weighted by Gasteiger charge is -2.27. The van der Waals surface area contributed by atoms with Crippen molar-refractivity contribution in [1.82, 2.24) is 4.31 Å². The first-order chi connectivity index (χ1) is 18.5. The SMILES string of the molecule is COc1ccc(S(=O)(=O)N2CCOCC2)cc1NC(=O)CN(c1ccccc1C)S(=O)(=O)c1ccc(C)cc1. The Bertz CT molecular complexity index is 1550. The first-order valence-corrected chi connectivity index (χ1v) is 15.1. The Morgan fingerprint density at radius 1 is 0.949 bits per heavy atom. The topological polar surface area (TPSA) is 122 Å². The maximum absolute atomic E-state index is 13.7. The van der Waals surface area contributed by atoms with E-state index in [4.69, 9.17) is 9.47 Å². The van der Waals surface area contributed by atoms with Gasteiger partial charge in [-0.15, -0.1) is 0 Å². The molecule has 0 atom stereocenters. The third-order valence-corrected chi connectivity index (χ3v) is 10.0. The summed E-state index contributed by atoms with van der Waals surface area (Å²) >= 11 is 0. The second-order valence-electron chi connectivity index (χ2n) is 9.04. The van der Waals surface area contributed by atoms with Crippen LogP contribution in [-0.4, -0.2) is 67.0 Å². The molecular formula is C27H31N3O7S2. The van der Waals surface area contributed by atoms with E-state index in [1.165, 1.54) is 41.7 Å². The molecule has 12 heteroatoms. The quantitative estimate of drug-likeness (QED) is 0.417. The lowest BCUT2D eigenvalue weighted by molar-refractivity contribution is -0.114. The number of aryl methyl sites for hydroxylation is 2. The highest BCUT2D eigenvalue weighted by Crippen LogP contribution is 2.31. The van der Waals surface area contributed by atoms with Gasteiger partial charge in [-0.05, 0) is 55.8 Å². The van der Waals surface area contributed by atoms with Crippen molar-refractivity contribution in [3.63, 3.8) is 0 Å². The van der Waals surface area contributed by atoms with E-state index < -0.39 is 32.5 Å². The first-order valence-electron chi connectivity index (χ1n) is 12.2. The Kier molecular flexibility index (Phi) is 8.60. The molecule has 1 amide bonds. The van der Waals surface area contributed by atoms with Crippen molar-refractivity contribution in [2.75, 3.05) is 49.6 Å². The highest BCUT2D eigenvalue weighted by Gasteiger charge is 2.30. The minimum absolute atomic E-state index is 0.0245. The van der Waals surface area contributed by atoms with Crippen LogP contribution in [0.3, 0.4) is 0 Å². The minimum atomic E-state index is -4.12. The molecule has 1 aliphatic rings. The third kappa shape index (κ3) is 6.25. The van der Waals surface area contributed by atoms with E-state index >= 15 is 0 Å². The molecule has 1 saturated heterocycles. The summed E-state index contributed by atoms with van der Waals surface area (Å²) in [6, 6.07) is 17.4. The molecule has 10 nitrogen and oxygen atoms in total. The van der Waals surface area contributed by atoms with Crippen molar-refractivity contribution in [3.05, 3.63) is 77.9 Å². The summed E-state index contributed by atoms with van der Waals surface area (Å²) in [4.78, 5) is 13.3. The van der Waals surface area contributed by atoms with E-state index in [-0.39, 0.29) is 34.3 Å². The number of nitrogens with zero attached hydrogens (tertiary/aromatic N) is 2. The van der Waals surface area contributed by atoms with Gasteiger partial charge < -0.3 is 14.8 Å². The van der Waals surface area contributed by atoms with E-state index in [0.29, 0.717) is 24.5 Å². The number of ether oxygens (including phenoxy) is 2. The van der Waals surface area contributed by atoms with Crippen LogP contribution >= 0.6 is 0 Å². The van der Waals surface area contributed by atoms with Gasteiger partial charge in [0, 0.05) is 13.1 Å². The maximum atomic E-state index is 13.7. The molecule has 0 aliphatic carbocycles. The van der Waals surface area contributed by atoms with E-state index in [9.17, 15) is 21.6 Å². The van der Waals surface area contributed by atoms with Crippen molar-refractivity contribution < 1.29 is 31.1 Å². The smallest absolute Gasteiger partial charge is 0.264 e. The molecular weight excluding hydrogens is 542 g/mol. The van der Waals surface area contributed by atoms with Crippen LogP contribution in [0.5, 0.6) is 5.75 Å². The zero-order chi connectivity index (χ0) is 28.2. The fourth-order valence-corrected chi connectivity index (χ4v) is 7.10. The summed E-state index contributed by atoms with van der Waals surface area (Å²) in [5, 5.41) is 2.65. The minimum Gasteiger partial charge on any atom is -0.495 e. The molecule has 0 spiro atoms. The lowest BCUT2D eigenvalue weighted by Crippen LogP contribution is -2.40. The van der Waals surface area contributed by atoms with Crippen LogP contribution in [0, 0.1) is 13.8 Å². The number of carbonyl (C=O) groups excluding carboxylic acids is 1. The number of sulfonamides is 2. The molecule has 0 aromatic heterocycles. The number of rotatable bonds is 9. The number of amides is 1. The normalized spacial score (nSPS) is 14.5. The van der Waals surface area contributed by atoms with Crippen LogP contribution in [-0.2, 0) is 29.6 Å². The van der Waals surface area contributed by atoms with Crippen LogP contribution in [0.2, 0.25) is 0 Å². The van der Waals surface area contributed by atoms with Crippen LogP contribution in [0.1, 0.15) is 11.1 Å². The summed E-state index contributed by atoms with van der Waals surface area (Å²) in [7, 11) is -6.56. The predicted octanol–water partition coefficient (Wildman–Crippen LogP) is 3.17. The van der Waals surface area contributed by atoms with Crippen molar-refractivity contribution in [3.8, 4) is 5.75 Å². The summed E-state index contributed by atoms with van der Waals surface area (Å²) in [6.45, 7) is 4.09. The molecule has 4 rings (SSSR count). The number of morpholine rings is 1. The van der Waals surface area contributed by atoms with Crippen LogP contribution in [0.25, 0.3) is 0 Å². The molecule has 0 radical (unpaired) electrons. The monoisotopic (exact) mass is 573 g/mol. The van der Waals surface area contributed by atoms with Gasteiger partial charge in [-0.2, -0.15) is 4.31 Å². The van der Waals surface area contributed by atoms with E-state index in [1.54, 1.807) is 43.3 Å². The van der Waals surface area contributed by atoms with Gasteiger partial charge in [0.25, 0.3) is 10.0 Å². The van der Waals surface area contributed by atoms with E-state index in [0.717, 1.165) is 9.87 Å². The van der Waals surface area contributed by atoms with Gasteiger partial charge in [0.05, 0.1) is 41.5 Å². The van der Waals surface area contributed by atoms with Gasteiger partial charge in [0.15, 0.2) is 0 Å². The number of benzene rings is 3. The highest BCUT2D eigenvalue weighted by atomic mass is 32.2. The highest BCUT2D eigenvalue weighted by molar-refractivity contribution is 7.92. The molecule has 3 aromatic rings. The largest absolute Gasteiger partial charge is 0.495 e. The second kappa shape index (κ2) is 11.7. The fraction of sp³-hybridized carbons (Fsp3) is 0.296. The van der Waals surface area contributed by atoms with E-state index in [1.807, 2.05) is 6.92 Å².